The Bertz CT molecular complexity index is 1890. The molecule has 0 radical (unpaired) electrons. The van der Waals surface area contributed by atoms with Crippen LogP contribution in [0.15, 0.2) is 30.5 Å². The van der Waals surface area contributed by atoms with E-state index in [2.05, 4.69) is 10.3 Å². The van der Waals surface area contributed by atoms with Crippen molar-refractivity contribution in [3.05, 3.63) is 36.0 Å². The number of fused-ring (bicyclic) bond motifs is 1. The third kappa shape index (κ3) is 11.4. The normalized spacial score (nSPS) is 42.0. The lowest BCUT2D eigenvalue weighted by Gasteiger charge is -2.49. The average molecular weight is 906 g/mol. The number of carbonyl (C=O) groups is 3. The minimum absolute atomic E-state index is 0.0413. The topological polar surface area (TPSA) is 239 Å². The van der Waals surface area contributed by atoms with Crippen LogP contribution in [0.4, 0.5) is 0 Å². The fourth-order valence-electron chi connectivity index (χ4n) is 10.1. The van der Waals surface area contributed by atoms with E-state index in [1.165, 1.54) is 27.9 Å². The van der Waals surface area contributed by atoms with Crippen molar-refractivity contribution < 1.29 is 68.3 Å². The smallest absolute Gasteiger partial charge is 0.311 e. The lowest BCUT2D eigenvalue weighted by molar-refractivity contribution is -0.318. The molecule has 0 spiro atoms. The summed E-state index contributed by atoms with van der Waals surface area (Å²) < 4.78 is 37.7. The van der Waals surface area contributed by atoms with Gasteiger partial charge in [0.05, 0.1) is 54.1 Å². The van der Waals surface area contributed by atoms with E-state index >= 15 is 0 Å². The van der Waals surface area contributed by atoms with Crippen LogP contribution in [0, 0.1) is 23.7 Å². The molecule has 3 saturated heterocycles. The van der Waals surface area contributed by atoms with Crippen LogP contribution in [0.1, 0.15) is 93.6 Å². The van der Waals surface area contributed by atoms with E-state index in [-0.39, 0.29) is 50.3 Å². The molecule has 3 fully saturated rings. The molecule has 5 rings (SSSR count). The average Bonchev–Trinajstić information content (AvgIpc) is 3.64. The van der Waals surface area contributed by atoms with Crippen molar-refractivity contribution >= 4 is 28.6 Å². The number of methoxy groups -OCH3 is 1. The molecule has 362 valence electrons. The molecule has 0 saturated carbocycles. The lowest BCUT2D eigenvalue weighted by atomic mass is 9.74. The molecule has 1 aromatic carbocycles. The molecule has 0 unspecified atom stereocenters. The van der Waals surface area contributed by atoms with Crippen LogP contribution >= 0.6 is 0 Å². The number of aliphatic hydroxyl groups excluding tert-OH is 3. The molecule has 0 bridgehead atoms. The zero-order chi connectivity index (χ0) is 47.6. The summed E-state index contributed by atoms with van der Waals surface area (Å²) in [6.07, 6.45) is -9.22. The zero-order valence-electron chi connectivity index (χ0n) is 39.6. The van der Waals surface area contributed by atoms with Gasteiger partial charge in [-0.15, -0.1) is 0 Å². The molecule has 18 atom stereocenters. The Balaban J connectivity index is 1.52. The van der Waals surface area contributed by atoms with Crippen LogP contribution in [0.5, 0.6) is 0 Å². The summed E-state index contributed by atoms with van der Waals surface area (Å²) in [6.45, 7) is 14.3. The molecule has 4 heterocycles. The highest BCUT2D eigenvalue weighted by Crippen LogP contribution is 2.41. The predicted octanol–water partition coefficient (Wildman–Crippen LogP) is 2.61. The molecule has 1 amide bonds. The number of aromatic amines is 1. The number of hydrogen-bond donors (Lipinski definition) is 7. The molecule has 7 N–H and O–H groups in total. The monoisotopic (exact) mass is 906 g/mol. The van der Waals surface area contributed by atoms with E-state index in [0.717, 1.165) is 16.5 Å². The van der Waals surface area contributed by atoms with Gasteiger partial charge in [-0.1, -0.05) is 39.0 Å². The van der Waals surface area contributed by atoms with E-state index in [4.69, 9.17) is 28.4 Å². The van der Waals surface area contributed by atoms with Gasteiger partial charge in [0.15, 0.2) is 12.6 Å². The number of H-pyrrole nitrogens is 1. The van der Waals surface area contributed by atoms with Crippen molar-refractivity contribution in [3.63, 3.8) is 0 Å². The maximum Gasteiger partial charge on any atom is 0.311 e. The summed E-state index contributed by atoms with van der Waals surface area (Å²) in [6, 6.07) is 7.22. The SMILES string of the molecule is CO[C@]1(C)C[C@H](O[C@H]2[C@H](C)[C@@H](O[C@@H]3O[C@H](C)C[C@H](N(C)C)[C@H]3O)[C@](C)(O)C[C@@H](C)C(=O)[C@H](C)[C@@H](O)[C@](C)(O)[C@@H](CCNC(=O)Cc3c[nH]c4ccccc34)OC(=O)[C@@H]2C)O[C@@H](C)[C@@H]1O. The van der Waals surface area contributed by atoms with Crippen LogP contribution in [-0.2, 0) is 49.2 Å². The highest BCUT2D eigenvalue weighted by Gasteiger charge is 2.53. The number of carbonyl (C=O) groups excluding carboxylic acids is 3. The third-order valence-electron chi connectivity index (χ3n) is 14.2. The minimum atomic E-state index is -2.21. The van der Waals surface area contributed by atoms with Crippen molar-refractivity contribution in [2.75, 3.05) is 27.7 Å². The second-order valence-electron chi connectivity index (χ2n) is 19.7. The van der Waals surface area contributed by atoms with Gasteiger partial charge in [-0.3, -0.25) is 14.4 Å². The first-order valence-electron chi connectivity index (χ1n) is 22.7. The fourth-order valence-corrected chi connectivity index (χ4v) is 10.1. The molecule has 3 aliphatic heterocycles. The molecule has 1 aromatic heterocycles. The number of cyclic esters (lactones) is 1. The van der Waals surface area contributed by atoms with E-state index < -0.39 is 108 Å². The van der Waals surface area contributed by atoms with Gasteiger partial charge in [-0.05, 0) is 80.1 Å². The Morgan fingerprint density at radius 1 is 0.938 bits per heavy atom. The second kappa shape index (κ2) is 20.8. The number of aromatic nitrogens is 1. The number of amides is 1. The predicted molar refractivity (Wildman–Crippen MR) is 236 cm³/mol. The van der Waals surface area contributed by atoms with E-state index in [1.54, 1.807) is 40.8 Å². The molecule has 3 aliphatic rings. The Hall–Kier alpha value is -3.07. The Morgan fingerprint density at radius 2 is 1.61 bits per heavy atom. The van der Waals surface area contributed by atoms with Crippen molar-refractivity contribution in [1.29, 1.82) is 0 Å². The number of benzene rings is 1. The molecule has 2 aromatic rings. The van der Waals surface area contributed by atoms with Gasteiger partial charge in [0, 0.05) is 67.4 Å². The van der Waals surface area contributed by atoms with Crippen LogP contribution in [-0.4, -0.2) is 165 Å². The second-order valence-corrected chi connectivity index (χ2v) is 19.7. The largest absolute Gasteiger partial charge is 0.459 e. The first-order chi connectivity index (χ1) is 29.8. The number of ketones is 1. The number of nitrogens with zero attached hydrogens (tertiary/aromatic N) is 1. The Labute approximate surface area is 377 Å². The number of aliphatic hydroxyl groups is 5. The quantitative estimate of drug-likeness (QED) is 0.161. The standard InChI is InChI=1S/C47H75N3O14/c1-24-21-45(7,57)42(64-44-38(53)33(50(10)11)19-25(2)60-44)27(4)39(63-36-22-46(8,59-12)41(55)29(6)61-36)28(5)43(56)62-34(47(9,58)40(54)26(3)37(24)52)17-18-48-35(51)20-30-23-49-32-16-14-13-15-31(30)32/h13-16,23-29,33-34,36,38-42,44,49,53-55,57-58H,17-22H2,1-12H3,(H,48,51)/t24-,25-,26+,27+,28-,29+,33+,34-,36+,38-,39+,40-,41+,42-,44+,45-,46-,47-/m1/s1. The van der Waals surface area contributed by atoms with Crippen molar-refractivity contribution in [2.45, 2.75) is 179 Å². The summed E-state index contributed by atoms with van der Waals surface area (Å²) in [5, 5.41) is 62.9. The van der Waals surface area contributed by atoms with Crippen molar-refractivity contribution in [2.24, 2.45) is 23.7 Å². The highest BCUT2D eigenvalue weighted by atomic mass is 16.7. The summed E-state index contributed by atoms with van der Waals surface area (Å²) in [5.41, 5.74) is -3.52. The summed E-state index contributed by atoms with van der Waals surface area (Å²) in [5.74, 6) is -5.89. The van der Waals surface area contributed by atoms with Crippen molar-refractivity contribution in [1.82, 2.24) is 15.2 Å². The van der Waals surface area contributed by atoms with Crippen LogP contribution in [0.2, 0.25) is 0 Å². The number of rotatable bonds is 11. The maximum atomic E-state index is 14.7. The molecule has 64 heavy (non-hydrogen) atoms. The van der Waals surface area contributed by atoms with E-state index in [9.17, 15) is 39.9 Å². The number of hydrogen-bond acceptors (Lipinski definition) is 15. The van der Waals surface area contributed by atoms with Crippen LogP contribution in [0.3, 0.4) is 0 Å². The first kappa shape index (κ1) is 51.9. The number of Topliss-reactive ketones (excluding diaryl/α,β-unsaturated/α-hetero) is 1. The van der Waals surface area contributed by atoms with Gasteiger partial charge in [-0.2, -0.15) is 0 Å². The first-order valence-corrected chi connectivity index (χ1v) is 22.7. The van der Waals surface area contributed by atoms with E-state index in [0.29, 0.717) is 6.42 Å². The number of nitrogens with one attached hydrogen (secondary N) is 2. The zero-order valence-corrected chi connectivity index (χ0v) is 39.6. The minimum Gasteiger partial charge on any atom is -0.459 e. The highest BCUT2D eigenvalue weighted by molar-refractivity contribution is 5.88. The molecular weight excluding hydrogens is 831 g/mol. The number of likely N-dealkylation sites (N-methyl/N-ethyl adjacent to an activating group) is 1. The summed E-state index contributed by atoms with van der Waals surface area (Å²) in [7, 11) is 5.14. The van der Waals surface area contributed by atoms with Crippen molar-refractivity contribution in [3.8, 4) is 0 Å². The van der Waals surface area contributed by atoms with Gasteiger partial charge < -0.3 is 69.2 Å². The molecule has 17 nitrogen and oxygen atoms in total. The lowest BCUT2D eigenvalue weighted by Crippen LogP contribution is -2.61. The van der Waals surface area contributed by atoms with Gasteiger partial charge >= 0.3 is 5.97 Å². The number of esters is 1. The Morgan fingerprint density at radius 3 is 2.27 bits per heavy atom. The number of ether oxygens (including phenoxy) is 6. The number of para-hydroxylation sites is 1. The molecular formula is C47H75N3O14. The fraction of sp³-hybridized carbons (Fsp3) is 0.766. The molecule has 0 aliphatic carbocycles. The summed E-state index contributed by atoms with van der Waals surface area (Å²) in [4.78, 5) is 47.1. The third-order valence-corrected chi connectivity index (χ3v) is 14.2. The maximum absolute atomic E-state index is 14.7. The van der Waals surface area contributed by atoms with Crippen LogP contribution in [0.25, 0.3) is 10.9 Å². The Kier molecular flexibility index (Phi) is 16.9. The summed E-state index contributed by atoms with van der Waals surface area (Å²) >= 11 is 0. The van der Waals surface area contributed by atoms with Gasteiger partial charge in [0.1, 0.15) is 29.7 Å². The van der Waals surface area contributed by atoms with Crippen LogP contribution < -0.4 is 5.32 Å². The van der Waals surface area contributed by atoms with Gasteiger partial charge in [-0.25, -0.2) is 0 Å². The van der Waals surface area contributed by atoms with E-state index in [1.807, 2.05) is 50.2 Å². The van der Waals surface area contributed by atoms with Gasteiger partial charge in [0.2, 0.25) is 5.91 Å². The van der Waals surface area contributed by atoms with Gasteiger partial charge in [0.25, 0.3) is 0 Å². The molecule has 17 heteroatoms.